The first-order valence-electron chi connectivity index (χ1n) is 8.47. The van der Waals surface area contributed by atoms with E-state index in [0.29, 0.717) is 16.8 Å². The third-order valence-corrected chi connectivity index (χ3v) is 8.00. The molecule has 0 fully saturated rings. The van der Waals surface area contributed by atoms with Gasteiger partial charge in [-0.25, -0.2) is 8.42 Å². The van der Waals surface area contributed by atoms with E-state index in [0.717, 1.165) is 23.7 Å². The summed E-state index contributed by atoms with van der Waals surface area (Å²) in [4.78, 5) is 18.2. The van der Waals surface area contributed by atoms with Crippen LogP contribution in [0.5, 0.6) is 0 Å². The summed E-state index contributed by atoms with van der Waals surface area (Å²) in [7, 11) is -9.05. The molecule has 3 aromatic rings. The zero-order valence-corrected chi connectivity index (χ0v) is 19.9. The van der Waals surface area contributed by atoms with Crippen LogP contribution in [0, 0.1) is 5.41 Å². The lowest BCUT2D eigenvalue weighted by Crippen LogP contribution is -2.17. The molecule has 3 rings (SSSR count). The van der Waals surface area contributed by atoms with Gasteiger partial charge < -0.3 is 14.4 Å². The minimum Gasteiger partial charge on any atom is -0.320 e. The van der Waals surface area contributed by atoms with Gasteiger partial charge in [0.15, 0.2) is 14.6 Å². The molecule has 0 radical (unpaired) electrons. The molecule has 0 bridgehead atoms. The molecule has 1 heterocycles. The van der Waals surface area contributed by atoms with Crippen molar-refractivity contribution in [1.82, 2.24) is 4.57 Å². The Labute approximate surface area is 188 Å². The minimum atomic E-state index is -5.70. The molecule has 0 spiro atoms. The van der Waals surface area contributed by atoms with E-state index < -0.39 is 28.7 Å². The molecule has 166 valence electrons. The SMILES string of the molecule is CS(=O)(=O)c1ccc(-c2csc(=N)n2Cc2ccc(C(F)(F)P(=O)(O)O)c(Br)c2)cc1. The quantitative estimate of drug-likeness (QED) is 0.397. The van der Waals surface area contributed by atoms with Gasteiger partial charge in [0.2, 0.25) is 0 Å². The molecular formula is C18H16BrF2N2O5PS2. The van der Waals surface area contributed by atoms with E-state index in [4.69, 9.17) is 15.2 Å². The van der Waals surface area contributed by atoms with Gasteiger partial charge in [0.25, 0.3) is 0 Å². The van der Waals surface area contributed by atoms with E-state index in [2.05, 4.69) is 15.9 Å². The van der Waals surface area contributed by atoms with E-state index in [1.807, 2.05) is 0 Å². The first-order valence-corrected chi connectivity index (χ1v) is 13.7. The third-order valence-electron chi connectivity index (χ3n) is 4.46. The van der Waals surface area contributed by atoms with Gasteiger partial charge in [-0.2, -0.15) is 8.78 Å². The summed E-state index contributed by atoms with van der Waals surface area (Å²) >= 11 is 4.10. The van der Waals surface area contributed by atoms with E-state index in [1.54, 1.807) is 22.1 Å². The van der Waals surface area contributed by atoms with Crippen molar-refractivity contribution >= 4 is 44.7 Å². The molecule has 0 saturated carbocycles. The first-order chi connectivity index (χ1) is 14.2. The lowest BCUT2D eigenvalue weighted by atomic mass is 10.1. The Kier molecular flexibility index (Phi) is 6.45. The second kappa shape index (κ2) is 8.34. The van der Waals surface area contributed by atoms with Crippen molar-refractivity contribution in [3.8, 4) is 11.3 Å². The van der Waals surface area contributed by atoms with Gasteiger partial charge in [0, 0.05) is 21.7 Å². The fourth-order valence-electron chi connectivity index (χ4n) is 2.84. The Bertz CT molecular complexity index is 1350. The summed E-state index contributed by atoms with van der Waals surface area (Å²) in [6.07, 6.45) is 1.10. The molecule has 0 saturated heterocycles. The molecule has 0 atom stereocenters. The molecule has 0 amide bonds. The predicted octanol–water partition coefficient (Wildman–Crippen LogP) is 4.14. The summed E-state index contributed by atoms with van der Waals surface area (Å²) < 4.78 is 63.9. The van der Waals surface area contributed by atoms with Crippen molar-refractivity contribution < 1.29 is 31.6 Å². The molecule has 13 heteroatoms. The van der Waals surface area contributed by atoms with E-state index in [9.17, 15) is 21.8 Å². The molecule has 0 aliphatic rings. The van der Waals surface area contributed by atoms with Crippen molar-refractivity contribution in [2.24, 2.45) is 0 Å². The Hall–Kier alpha value is -1.69. The van der Waals surface area contributed by atoms with Crippen LogP contribution in [0.2, 0.25) is 0 Å². The van der Waals surface area contributed by atoms with Gasteiger partial charge in [-0.15, -0.1) is 11.3 Å². The van der Waals surface area contributed by atoms with Crippen LogP contribution in [0.4, 0.5) is 8.78 Å². The van der Waals surface area contributed by atoms with Crippen LogP contribution in [0.15, 0.2) is 57.2 Å². The highest BCUT2D eigenvalue weighted by Gasteiger charge is 2.51. The van der Waals surface area contributed by atoms with E-state index >= 15 is 0 Å². The first kappa shape index (κ1) is 24.0. The van der Waals surface area contributed by atoms with Crippen LogP contribution < -0.4 is 4.80 Å². The number of hydrogen-bond acceptors (Lipinski definition) is 5. The van der Waals surface area contributed by atoms with Crippen LogP contribution in [-0.2, 0) is 26.6 Å². The van der Waals surface area contributed by atoms with Crippen molar-refractivity contribution in [2.45, 2.75) is 17.1 Å². The number of hydrogen-bond donors (Lipinski definition) is 3. The fraction of sp³-hybridized carbons (Fsp3) is 0.167. The number of thiazole rings is 1. The summed E-state index contributed by atoms with van der Waals surface area (Å²) in [5.74, 6) is 0. The van der Waals surface area contributed by atoms with E-state index in [1.165, 1.54) is 24.3 Å². The molecule has 31 heavy (non-hydrogen) atoms. The molecule has 0 unspecified atom stereocenters. The molecule has 2 aromatic carbocycles. The van der Waals surface area contributed by atoms with E-state index in [-0.39, 0.29) is 20.7 Å². The van der Waals surface area contributed by atoms with Crippen LogP contribution >= 0.6 is 34.9 Å². The van der Waals surface area contributed by atoms with Gasteiger partial charge in [-0.3, -0.25) is 9.97 Å². The Balaban J connectivity index is 1.97. The molecule has 0 aliphatic carbocycles. The standard InChI is InChI=1S/C18H16BrF2N2O5PS2/c1-31(27,28)13-5-3-12(4-6-13)16-10-30-17(22)23(16)9-11-2-7-14(15(19)8-11)18(20,21)29(24,25)26/h2-8,10,22H,9H2,1H3,(H2,24,25,26). The predicted molar refractivity (Wildman–Crippen MR) is 116 cm³/mol. The molecule has 0 aliphatic heterocycles. The van der Waals surface area contributed by atoms with Gasteiger partial charge >= 0.3 is 13.3 Å². The minimum absolute atomic E-state index is 0.131. The van der Waals surface area contributed by atoms with Crippen LogP contribution in [0.1, 0.15) is 11.1 Å². The molecule has 3 N–H and O–H groups in total. The highest BCUT2D eigenvalue weighted by atomic mass is 79.9. The second-order valence-electron chi connectivity index (χ2n) is 6.71. The Morgan fingerprint density at radius 3 is 2.32 bits per heavy atom. The fourth-order valence-corrected chi connectivity index (χ4v) is 5.59. The van der Waals surface area contributed by atoms with Crippen molar-refractivity contribution in [3.05, 3.63) is 68.2 Å². The smallest absolute Gasteiger partial charge is 0.320 e. The normalized spacial score (nSPS) is 12.8. The summed E-state index contributed by atoms with van der Waals surface area (Å²) in [5.41, 5.74) is -3.35. The maximum atomic E-state index is 14.0. The second-order valence-corrected chi connectivity index (χ2v) is 12.1. The maximum absolute atomic E-state index is 14.0. The summed E-state index contributed by atoms with van der Waals surface area (Å²) in [6, 6.07) is 9.74. The average Bonchev–Trinajstić information content (AvgIpc) is 3.00. The Morgan fingerprint density at radius 1 is 1.19 bits per heavy atom. The lowest BCUT2D eigenvalue weighted by Gasteiger charge is -2.20. The highest BCUT2D eigenvalue weighted by molar-refractivity contribution is 9.10. The Morgan fingerprint density at radius 2 is 1.81 bits per heavy atom. The topological polar surface area (TPSA) is 120 Å². The number of nitrogens with zero attached hydrogens (tertiary/aromatic N) is 1. The molecule has 7 nitrogen and oxygen atoms in total. The van der Waals surface area contributed by atoms with Gasteiger partial charge in [0.1, 0.15) is 0 Å². The van der Waals surface area contributed by atoms with Crippen LogP contribution in [-0.4, -0.2) is 29.0 Å². The maximum Gasteiger partial charge on any atom is 0.399 e. The summed E-state index contributed by atoms with van der Waals surface area (Å²) in [6.45, 7) is 0.131. The number of alkyl halides is 2. The zero-order chi connectivity index (χ0) is 23.2. The number of sulfone groups is 1. The zero-order valence-electron chi connectivity index (χ0n) is 15.8. The largest absolute Gasteiger partial charge is 0.399 e. The number of aromatic nitrogens is 1. The van der Waals surface area contributed by atoms with Crippen molar-refractivity contribution in [2.75, 3.05) is 6.26 Å². The number of benzene rings is 2. The molecule has 1 aromatic heterocycles. The van der Waals surface area contributed by atoms with Crippen molar-refractivity contribution in [3.63, 3.8) is 0 Å². The highest BCUT2D eigenvalue weighted by Crippen LogP contribution is 2.60. The number of rotatable bonds is 6. The van der Waals surface area contributed by atoms with Gasteiger partial charge in [-0.05, 0) is 29.3 Å². The number of nitrogens with one attached hydrogen (secondary N) is 1. The van der Waals surface area contributed by atoms with Gasteiger partial charge in [-0.1, -0.05) is 40.2 Å². The third kappa shape index (κ3) is 4.89. The van der Waals surface area contributed by atoms with Gasteiger partial charge in [0.05, 0.1) is 17.1 Å². The lowest BCUT2D eigenvalue weighted by molar-refractivity contribution is 0.0557. The summed E-state index contributed by atoms with van der Waals surface area (Å²) in [5, 5.41) is 9.89. The molecular weight excluding hydrogens is 537 g/mol. The van der Waals surface area contributed by atoms with Crippen molar-refractivity contribution in [1.29, 1.82) is 5.41 Å². The van der Waals surface area contributed by atoms with Crippen LogP contribution in [0.25, 0.3) is 11.3 Å². The monoisotopic (exact) mass is 552 g/mol. The van der Waals surface area contributed by atoms with Crippen LogP contribution in [0.3, 0.4) is 0 Å². The number of halogens is 3. The average molecular weight is 553 g/mol.